The average molecular weight is 308 g/mol. The lowest BCUT2D eigenvalue weighted by Crippen LogP contribution is -2.23. The maximum Gasteiger partial charge on any atom is 0.226 e. The summed E-state index contributed by atoms with van der Waals surface area (Å²) >= 11 is 0. The Kier molecular flexibility index (Phi) is 7.91. The number of hydrogen-bond acceptors (Lipinski definition) is 4. The third kappa shape index (κ3) is 7.43. The van der Waals surface area contributed by atoms with Crippen LogP contribution in [0, 0.1) is 5.92 Å². The number of aliphatic hydroxyl groups is 1. The van der Waals surface area contributed by atoms with Crippen molar-refractivity contribution >= 4 is 11.6 Å². The molecular formula is C17H28N2O3. The fraction of sp³-hybridized carbons (Fsp3) is 0.588. The van der Waals surface area contributed by atoms with Crippen LogP contribution in [0.2, 0.25) is 0 Å². The van der Waals surface area contributed by atoms with Gasteiger partial charge in [-0.1, -0.05) is 13.8 Å². The molecule has 0 bridgehead atoms. The van der Waals surface area contributed by atoms with Gasteiger partial charge in [0.05, 0.1) is 19.1 Å². The van der Waals surface area contributed by atoms with Crippen molar-refractivity contribution in [3.05, 3.63) is 24.3 Å². The van der Waals surface area contributed by atoms with Crippen molar-refractivity contribution < 1.29 is 14.6 Å². The molecule has 1 rings (SSSR count). The second-order valence-electron chi connectivity index (χ2n) is 6.09. The Labute approximate surface area is 133 Å². The summed E-state index contributed by atoms with van der Waals surface area (Å²) in [4.78, 5) is 13.9. The van der Waals surface area contributed by atoms with Gasteiger partial charge in [0.25, 0.3) is 0 Å². The second-order valence-corrected chi connectivity index (χ2v) is 6.09. The first kappa shape index (κ1) is 18.5. The Hall–Kier alpha value is -1.59. The van der Waals surface area contributed by atoms with Gasteiger partial charge in [-0.25, -0.2) is 0 Å². The molecule has 0 heterocycles. The van der Waals surface area contributed by atoms with Gasteiger partial charge in [-0.3, -0.25) is 4.79 Å². The zero-order valence-electron chi connectivity index (χ0n) is 14.0. The van der Waals surface area contributed by atoms with Gasteiger partial charge in [0.1, 0.15) is 5.75 Å². The Morgan fingerprint density at radius 1 is 1.27 bits per heavy atom. The van der Waals surface area contributed by atoms with Crippen molar-refractivity contribution in [3.63, 3.8) is 0 Å². The SMILES string of the molecule is CC(C)C(O)CC(=O)Nc1ccc(OCCCN(C)C)cc1. The summed E-state index contributed by atoms with van der Waals surface area (Å²) in [5, 5.41) is 12.5. The minimum Gasteiger partial charge on any atom is -0.494 e. The summed E-state index contributed by atoms with van der Waals surface area (Å²) in [5.41, 5.74) is 0.710. The molecule has 0 fully saturated rings. The van der Waals surface area contributed by atoms with Gasteiger partial charge in [-0.15, -0.1) is 0 Å². The number of amides is 1. The molecule has 22 heavy (non-hydrogen) atoms. The Balaban J connectivity index is 2.36. The molecule has 0 aromatic heterocycles. The zero-order valence-corrected chi connectivity index (χ0v) is 14.0. The van der Waals surface area contributed by atoms with Crippen LogP contribution in [0.3, 0.4) is 0 Å². The number of rotatable bonds is 9. The zero-order chi connectivity index (χ0) is 16.5. The van der Waals surface area contributed by atoms with E-state index >= 15 is 0 Å². The predicted molar refractivity (Wildman–Crippen MR) is 89.2 cm³/mol. The lowest BCUT2D eigenvalue weighted by Gasteiger charge is -2.14. The van der Waals surface area contributed by atoms with E-state index in [1.807, 2.05) is 40.1 Å². The van der Waals surface area contributed by atoms with Crippen LogP contribution in [0.25, 0.3) is 0 Å². The van der Waals surface area contributed by atoms with Gasteiger partial charge >= 0.3 is 0 Å². The molecule has 0 spiro atoms. The third-order valence-corrected chi connectivity index (χ3v) is 3.32. The van der Waals surface area contributed by atoms with E-state index in [2.05, 4.69) is 10.2 Å². The molecule has 124 valence electrons. The van der Waals surface area contributed by atoms with Crippen LogP contribution in [-0.2, 0) is 4.79 Å². The van der Waals surface area contributed by atoms with E-state index in [0.717, 1.165) is 18.7 Å². The number of benzene rings is 1. The van der Waals surface area contributed by atoms with Gasteiger partial charge in [-0.05, 0) is 50.7 Å². The van der Waals surface area contributed by atoms with Crippen LogP contribution < -0.4 is 10.1 Å². The second kappa shape index (κ2) is 9.43. The van der Waals surface area contributed by atoms with Crippen LogP contribution in [-0.4, -0.2) is 49.3 Å². The van der Waals surface area contributed by atoms with E-state index in [1.165, 1.54) is 0 Å². The lowest BCUT2D eigenvalue weighted by atomic mass is 10.0. The molecule has 1 atom stereocenters. The first-order valence-electron chi connectivity index (χ1n) is 7.74. The van der Waals surface area contributed by atoms with Crippen molar-refractivity contribution in [2.45, 2.75) is 32.8 Å². The maximum atomic E-state index is 11.8. The highest BCUT2D eigenvalue weighted by atomic mass is 16.5. The normalized spacial score (nSPS) is 12.5. The highest BCUT2D eigenvalue weighted by Gasteiger charge is 2.14. The topological polar surface area (TPSA) is 61.8 Å². The van der Waals surface area contributed by atoms with Crippen molar-refractivity contribution in [2.75, 3.05) is 32.6 Å². The number of carbonyl (C=O) groups excluding carboxylic acids is 1. The molecule has 1 unspecified atom stereocenters. The van der Waals surface area contributed by atoms with Crippen molar-refractivity contribution in [2.24, 2.45) is 5.92 Å². The molecule has 1 aromatic carbocycles. The summed E-state index contributed by atoms with van der Waals surface area (Å²) in [7, 11) is 4.07. The van der Waals surface area contributed by atoms with Crippen LogP contribution in [0.5, 0.6) is 5.75 Å². The van der Waals surface area contributed by atoms with Crippen LogP contribution in [0.15, 0.2) is 24.3 Å². The number of ether oxygens (including phenoxy) is 1. The highest BCUT2D eigenvalue weighted by Crippen LogP contribution is 2.16. The van der Waals surface area contributed by atoms with Gasteiger partial charge < -0.3 is 20.1 Å². The molecule has 1 aromatic rings. The molecule has 5 nitrogen and oxygen atoms in total. The van der Waals surface area contributed by atoms with Crippen LogP contribution >= 0.6 is 0 Å². The predicted octanol–water partition coefficient (Wildman–Crippen LogP) is 2.36. The van der Waals surface area contributed by atoms with E-state index in [1.54, 1.807) is 12.1 Å². The standard InChI is InChI=1S/C17H28N2O3/c1-13(2)16(20)12-17(21)18-14-6-8-15(9-7-14)22-11-5-10-19(3)4/h6-9,13,16,20H,5,10-12H2,1-4H3,(H,18,21). The fourth-order valence-electron chi connectivity index (χ4n) is 1.84. The molecule has 0 aliphatic heterocycles. The van der Waals surface area contributed by atoms with Crippen molar-refractivity contribution in [3.8, 4) is 5.75 Å². The van der Waals surface area contributed by atoms with E-state index in [4.69, 9.17) is 4.74 Å². The number of hydrogen-bond donors (Lipinski definition) is 2. The molecule has 1 amide bonds. The summed E-state index contributed by atoms with van der Waals surface area (Å²) in [6.45, 7) is 5.44. The van der Waals surface area contributed by atoms with Gasteiger partial charge in [0.2, 0.25) is 5.91 Å². The molecule has 5 heteroatoms. The summed E-state index contributed by atoms with van der Waals surface area (Å²) in [5.74, 6) is 0.684. The molecule has 0 radical (unpaired) electrons. The first-order chi connectivity index (χ1) is 10.4. The number of nitrogens with zero attached hydrogens (tertiary/aromatic N) is 1. The third-order valence-electron chi connectivity index (χ3n) is 3.32. The summed E-state index contributed by atoms with van der Waals surface area (Å²) in [6.07, 6.45) is 0.471. The van der Waals surface area contributed by atoms with E-state index < -0.39 is 6.10 Å². The van der Waals surface area contributed by atoms with Gasteiger partial charge in [0, 0.05) is 12.2 Å². The summed E-state index contributed by atoms with van der Waals surface area (Å²) < 4.78 is 5.63. The molecule has 0 saturated carbocycles. The van der Waals surface area contributed by atoms with Crippen molar-refractivity contribution in [1.82, 2.24) is 4.90 Å². The number of aliphatic hydroxyl groups excluding tert-OH is 1. The monoisotopic (exact) mass is 308 g/mol. The van der Waals surface area contributed by atoms with Crippen molar-refractivity contribution in [1.29, 1.82) is 0 Å². The molecule has 0 saturated heterocycles. The lowest BCUT2D eigenvalue weighted by molar-refractivity contribution is -0.118. The quantitative estimate of drug-likeness (QED) is 0.688. The maximum absolute atomic E-state index is 11.8. The van der Waals surface area contributed by atoms with E-state index in [-0.39, 0.29) is 18.2 Å². The number of carbonyl (C=O) groups is 1. The highest BCUT2D eigenvalue weighted by molar-refractivity contribution is 5.91. The van der Waals surface area contributed by atoms with E-state index in [9.17, 15) is 9.90 Å². The molecular weight excluding hydrogens is 280 g/mol. The smallest absolute Gasteiger partial charge is 0.226 e. The average Bonchev–Trinajstić information content (AvgIpc) is 2.44. The number of nitrogens with one attached hydrogen (secondary N) is 1. The Morgan fingerprint density at radius 3 is 2.45 bits per heavy atom. The fourth-order valence-corrected chi connectivity index (χ4v) is 1.84. The van der Waals surface area contributed by atoms with Gasteiger partial charge in [-0.2, -0.15) is 0 Å². The molecule has 0 aliphatic carbocycles. The Bertz CT molecular complexity index is 444. The molecule has 0 aliphatic rings. The summed E-state index contributed by atoms with van der Waals surface area (Å²) in [6, 6.07) is 7.29. The van der Waals surface area contributed by atoms with E-state index in [0.29, 0.717) is 12.3 Å². The first-order valence-corrected chi connectivity index (χ1v) is 7.74. The molecule has 2 N–H and O–H groups in total. The Morgan fingerprint density at radius 2 is 1.91 bits per heavy atom. The van der Waals surface area contributed by atoms with Gasteiger partial charge in [0.15, 0.2) is 0 Å². The minimum absolute atomic E-state index is 0.0729. The van der Waals surface area contributed by atoms with Crippen LogP contribution in [0.1, 0.15) is 26.7 Å². The largest absolute Gasteiger partial charge is 0.494 e. The van der Waals surface area contributed by atoms with Crippen LogP contribution in [0.4, 0.5) is 5.69 Å². The number of anilines is 1. The minimum atomic E-state index is -0.612.